The fourth-order valence-corrected chi connectivity index (χ4v) is 4.46. The number of benzene rings is 1. The number of hydrogen-bond donors (Lipinski definition) is 2. The maximum atomic E-state index is 13.4. The number of carbonyl (C=O) groups is 2. The second-order valence-corrected chi connectivity index (χ2v) is 9.43. The topological polar surface area (TPSA) is 122 Å². The molecule has 2 heterocycles. The van der Waals surface area contributed by atoms with Crippen LogP contribution in [0.25, 0.3) is 22.4 Å². The van der Waals surface area contributed by atoms with E-state index in [4.69, 9.17) is 4.42 Å². The van der Waals surface area contributed by atoms with Crippen molar-refractivity contribution in [2.24, 2.45) is 0 Å². The van der Waals surface area contributed by atoms with Gasteiger partial charge in [0, 0.05) is 29.1 Å². The predicted octanol–water partition coefficient (Wildman–Crippen LogP) is 3.88. The van der Waals surface area contributed by atoms with Gasteiger partial charge in [-0.1, -0.05) is 0 Å². The zero-order valence-corrected chi connectivity index (χ0v) is 21.4. The molecule has 1 unspecified atom stereocenters. The number of nitrogens with zero attached hydrogens (tertiary/aromatic N) is 2. The highest BCUT2D eigenvalue weighted by molar-refractivity contribution is 14.1. The lowest BCUT2D eigenvalue weighted by Crippen LogP contribution is -2.27. The van der Waals surface area contributed by atoms with Crippen LogP contribution in [-0.2, 0) is 27.3 Å². The van der Waals surface area contributed by atoms with Gasteiger partial charge in [0.05, 0.1) is 30.3 Å². The van der Waals surface area contributed by atoms with E-state index in [1.54, 1.807) is 6.07 Å². The third-order valence-corrected chi connectivity index (χ3v) is 6.77. The van der Waals surface area contributed by atoms with Crippen molar-refractivity contribution in [3.8, 4) is 11.3 Å². The number of aromatic nitrogens is 1. The Morgan fingerprint density at radius 1 is 1.29 bits per heavy atom. The predicted molar refractivity (Wildman–Crippen MR) is 133 cm³/mol. The molecule has 3 rings (SSSR count). The molecule has 0 aliphatic heterocycles. The maximum absolute atomic E-state index is 13.4. The molecule has 2 aromatic heterocycles. The number of halogens is 2. The summed E-state index contributed by atoms with van der Waals surface area (Å²) in [5.41, 5.74) is 1.46. The molecule has 3 aromatic rings. The van der Waals surface area contributed by atoms with Crippen LogP contribution < -0.4 is 5.32 Å². The van der Waals surface area contributed by atoms with Crippen LogP contribution in [0.1, 0.15) is 35.3 Å². The molecule has 0 aliphatic rings. The van der Waals surface area contributed by atoms with E-state index >= 15 is 0 Å². The normalized spacial score (nSPS) is 12.2. The van der Waals surface area contributed by atoms with Gasteiger partial charge in [0.25, 0.3) is 5.91 Å². The molecular weight excluding hydrogens is 580 g/mol. The minimum atomic E-state index is -2.26. The Labute approximate surface area is 211 Å². The van der Waals surface area contributed by atoms with Gasteiger partial charge in [-0.25, -0.2) is 13.6 Å². The molecule has 0 fully saturated rings. The van der Waals surface area contributed by atoms with Crippen molar-refractivity contribution < 1.29 is 31.9 Å². The summed E-state index contributed by atoms with van der Waals surface area (Å²) in [5.74, 6) is -0.882. The Bertz CT molecular complexity index is 1220. The molecule has 0 bridgehead atoms. The van der Waals surface area contributed by atoms with Gasteiger partial charge in [-0.15, -0.1) is 0 Å². The molecule has 34 heavy (non-hydrogen) atoms. The van der Waals surface area contributed by atoms with Crippen molar-refractivity contribution in [3.05, 3.63) is 51.0 Å². The lowest BCUT2D eigenvalue weighted by molar-refractivity contribution is -0.140. The van der Waals surface area contributed by atoms with Crippen molar-refractivity contribution in [2.45, 2.75) is 25.8 Å². The van der Waals surface area contributed by atoms with Crippen molar-refractivity contribution in [3.63, 3.8) is 0 Å². The second-order valence-electron chi connectivity index (χ2n) is 7.29. The Morgan fingerprint density at radius 2 is 2.00 bits per heavy atom. The number of fused-ring (bicyclic) bond motifs is 1. The molecule has 0 saturated carbocycles. The third kappa shape index (κ3) is 6.17. The molecular formula is C22H23FIN3O6S. The van der Waals surface area contributed by atoms with Crippen LogP contribution in [0.3, 0.4) is 0 Å². The lowest BCUT2D eigenvalue weighted by atomic mass is 10.1. The van der Waals surface area contributed by atoms with Crippen molar-refractivity contribution in [1.82, 2.24) is 14.6 Å². The largest absolute Gasteiger partial charge is 0.469 e. The van der Waals surface area contributed by atoms with Gasteiger partial charge in [0.1, 0.15) is 11.6 Å². The average Bonchev–Trinajstić information content (AvgIpc) is 3.18. The van der Waals surface area contributed by atoms with Crippen LogP contribution in [0.4, 0.5) is 4.39 Å². The highest BCUT2D eigenvalue weighted by atomic mass is 127. The summed E-state index contributed by atoms with van der Waals surface area (Å²) in [6.07, 6.45) is 1.25. The van der Waals surface area contributed by atoms with Gasteiger partial charge in [-0.05, 0) is 65.8 Å². The Hall–Kier alpha value is -2.42. The molecule has 1 amide bonds. The fourth-order valence-electron chi connectivity index (χ4n) is 3.34. The highest BCUT2D eigenvalue weighted by Gasteiger charge is 2.24. The minimum absolute atomic E-state index is 0.0530. The van der Waals surface area contributed by atoms with Gasteiger partial charge in [0.15, 0.2) is 0 Å². The average molecular weight is 603 g/mol. The van der Waals surface area contributed by atoms with E-state index in [1.807, 2.05) is 0 Å². The molecule has 0 radical (unpaired) electrons. The first-order chi connectivity index (χ1) is 16.2. The molecule has 0 saturated heterocycles. The number of hydrogen-bond acceptors (Lipinski definition) is 6. The summed E-state index contributed by atoms with van der Waals surface area (Å²) in [6, 6.07) is 7.29. The van der Waals surface area contributed by atoms with E-state index < -0.39 is 17.1 Å². The van der Waals surface area contributed by atoms with Crippen molar-refractivity contribution >= 4 is 56.8 Å². The van der Waals surface area contributed by atoms with Crippen molar-refractivity contribution in [1.29, 1.82) is 0 Å². The number of esters is 1. The summed E-state index contributed by atoms with van der Waals surface area (Å²) < 4.78 is 47.5. The number of pyridine rings is 1. The van der Waals surface area contributed by atoms with Crippen LogP contribution in [0.5, 0.6) is 0 Å². The molecule has 0 aliphatic carbocycles. The van der Waals surface area contributed by atoms with Gasteiger partial charge in [-0.3, -0.25) is 14.1 Å². The molecule has 12 heteroatoms. The third-order valence-electron chi connectivity index (χ3n) is 5.08. The summed E-state index contributed by atoms with van der Waals surface area (Å²) in [4.78, 5) is 28.4. The number of carbonyl (C=O) groups excluding carboxylic acids is 2. The first kappa shape index (κ1) is 26.2. The molecule has 182 valence electrons. The van der Waals surface area contributed by atoms with Crippen LogP contribution in [0.15, 0.2) is 34.7 Å². The lowest BCUT2D eigenvalue weighted by Gasteiger charge is -2.17. The fraction of sp³-hybridized carbons (Fsp3) is 0.318. The minimum Gasteiger partial charge on any atom is -0.469 e. The smallest absolute Gasteiger partial charge is 0.305 e. The summed E-state index contributed by atoms with van der Waals surface area (Å²) >= 11 is -0.208. The monoisotopic (exact) mass is 603 g/mol. The standard InChI is InChI=1S/C22H23FIN3O6S/c1-25-21(29)19-15-11-16(24)17(12-27(34(30)31)10-4-3-5-18(28)32-2)26-22(15)33-20(19)13-6-8-14(23)9-7-13/h6-9,11H,3-5,10,12H2,1-2H3,(H,25,29)(H,30,31). The Morgan fingerprint density at radius 3 is 2.62 bits per heavy atom. The van der Waals surface area contributed by atoms with E-state index in [1.165, 1.54) is 42.7 Å². The molecule has 1 atom stereocenters. The number of methoxy groups -OCH3 is 1. The number of rotatable bonds is 10. The van der Waals surface area contributed by atoms with Crippen LogP contribution >= 0.6 is 22.6 Å². The molecule has 1 aromatic carbocycles. The quantitative estimate of drug-likeness (QED) is 0.156. The second kappa shape index (κ2) is 11.8. The van der Waals surface area contributed by atoms with Crippen LogP contribution in [-0.4, -0.2) is 50.6 Å². The van der Waals surface area contributed by atoms with Crippen LogP contribution in [0.2, 0.25) is 0 Å². The number of unbranched alkanes of at least 4 members (excludes halogenated alkanes) is 1. The zero-order chi connectivity index (χ0) is 24.8. The van der Waals surface area contributed by atoms with Gasteiger partial charge >= 0.3 is 5.97 Å². The van der Waals surface area contributed by atoms with Gasteiger partial charge in [-0.2, -0.15) is 4.31 Å². The van der Waals surface area contributed by atoms with Gasteiger partial charge < -0.3 is 14.5 Å². The number of nitrogens with one attached hydrogen (secondary N) is 1. The van der Waals surface area contributed by atoms with E-state index in [2.05, 4.69) is 37.6 Å². The number of ether oxygens (including phenoxy) is 1. The number of furan rings is 1. The maximum Gasteiger partial charge on any atom is 0.305 e. The van der Waals surface area contributed by atoms with E-state index in [0.29, 0.717) is 33.1 Å². The Balaban J connectivity index is 1.92. The van der Waals surface area contributed by atoms with E-state index in [-0.39, 0.29) is 48.4 Å². The highest BCUT2D eigenvalue weighted by Crippen LogP contribution is 2.34. The van der Waals surface area contributed by atoms with Gasteiger partial charge in [0.2, 0.25) is 17.0 Å². The summed E-state index contributed by atoms with van der Waals surface area (Å²) in [7, 11) is 2.81. The first-order valence-corrected chi connectivity index (χ1v) is 12.4. The number of amides is 1. The Kier molecular flexibility index (Phi) is 9.10. The zero-order valence-electron chi connectivity index (χ0n) is 18.5. The summed E-state index contributed by atoms with van der Waals surface area (Å²) in [5, 5.41) is 3.06. The molecule has 0 spiro atoms. The summed E-state index contributed by atoms with van der Waals surface area (Å²) in [6.45, 7) is 0.315. The van der Waals surface area contributed by atoms with E-state index in [0.717, 1.165) is 0 Å². The van der Waals surface area contributed by atoms with Crippen molar-refractivity contribution in [2.75, 3.05) is 20.7 Å². The molecule has 2 N–H and O–H groups in total. The SMILES string of the molecule is CNC(=O)c1c(-c2ccc(F)cc2)oc2nc(CN(CCCCC(=O)OC)S(=O)O)c(I)cc12. The van der Waals surface area contributed by atoms with Crippen LogP contribution in [0, 0.1) is 9.39 Å². The van der Waals surface area contributed by atoms with E-state index in [9.17, 15) is 22.7 Å². The molecule has 9 nitrogen and oxygen atoms in total. The first-order valence-electron chi connectivity index (χ1n) is 10.3.